The normalized spacial score (nSPS) is 22.1. The van der Waals surface area contributed by atoms with Crippen LogP contribution in [0, 0.1) is 0 Å². The zero-order chi connectivity index (χ0) is 12.1. The Balaban J connectivity index is 1.84. The summed E-state index contributed by atoms with van der Waals surface area (Å²) in [5, 5.41) is 7.51. The first-order chi connectivity index (χ1) is 8.25. The average molecular weight is 256 g/mol. The molecule has 0 aliphatic carbocycles. The molecular weight excluding hydrogens is 238 g/mol. The fraction of sp³-hybridized carbons (Fsp3) is 0.583. The van der Waals surface area contributed by atoms with Crippen LogP contribution in [0.1, 0.15) is 13.3 Å². The maximum absolute atomic E-state index is 6.07. The third-order valence-electron chi connectivity index (χ3n) is 2.81. The van der Waals surface area contributed by atoms with E-state index in [-0.39, 0.29) is 0 Å². The summed E-state index contributed by atoms with van der Waals surface area (Å²) in [6.45, 7) is 4.67. The quantitative estimate of drug-likeness (QED) is 0.863. The van der Waals surface area contributed by atoms with Gasteiger partial charge in [-0.05, 0) is 19.4 Å². The van der Waals surface area contributed by atoms with Crippen molar-refractivity contribution in [3.05, 3.63) is 23.5 Å². The lowest BCUT2D eigenvalue weighted by atomic mass is 10.1. The number of pyridine rings is 1. The lowest BCUT2D eigenvalue weighted by Gasteiger charge is -2.27. The third kappa shape index (κ3) is 3.84. The van der Waals surface area contributed by atoms with Gasteiger partial charge in [0.05, 0.1) is 30.1 Å². The predicted molar refractivity (Wildman–Crippen MR) is 69.6 cm³/mol. The molecule has 1 aliphatic rings. The fourth-order valence-corrected chi connectivity index (χ4v) is 2.17. The van der Waals surface area contributed by atoms with Crippen LogP contribution in [-0.4, -0.2) is 36.8 Å². The van der Waals surface area contributed by atoms with Gasteiger partial charge in [-0.15, -0.1) is 0 Å². The number of rotatable bonds is 4. The molecule has 1 aromatic heterocycles. The van der Waals surface area contributed by atoms with E-state index in [0.29, 0.717) is 17.1 Å². The average Bonchev–Trinajstić information content (AvgIpc) is 2.33. The van der Waals surface area contributed by atoms with Gasteiger partial charge in [0.15, 0.2) is 0 Å². The number of nitrogens with one attached hydrogen (secondary N) is 2. The van der Waals surface area contributed by atoms with Gasteiger partial charge >= 0.3 is 0 Å². The van der Waals surface area contributed by atoms with Crippen molar-refractivity contribution in [2.24, 2.45) is 0 Å². The molecule has 2 heterocycles. The molecule has 2 rings (SSSR count). The summed E-state index contributed by atoms with van der Waals surface area (Å²) in [5.41, 5.74) is 0.887. The second-order valence-electron chi connectivity index (χ2n) is 4.36. The van der Waals surface area contributed by atoms with Crippen molar-refractivity contribution in [3.63, 3.8) is 0 Å². The molecule has 0 spiro atoms. The van der Waals surface area contributed by atoms with Crippen LogP contribution in [0.3, 0.4) is 0 Å². The van der Waals surface area contributed by atoms with Gasteiger partial charge in [0.2, 0.25) is 0 Å². The number of nitrogens with zero attached hydrogens (tertiary/aromatic N) is 1. The molecule has 0 bridgehead atoms. The Labute approximate surface area is 107 Å². The van der Waals surface area contributed by atoms with Gasteiger partial charge in [0.25, 0.3) is 0 Å². The Morgan fingerprint density at radius 3 is 3.29 bits per heavy atom. The zero-order valence-electron chi connectivity index (χ0n) is 9.95. The Morgan fingerprint density at radius 1 is 1.71 bits per heavy atom. The molecule has 1 fully saturated rings. The molecule has 2 atom stereocenters. The summed E-state index contributed by atoms with van der Waals surface area (Å²) in [5.74, 6) is 0. The van der Waals surface area contributed by atoms with Crippen molar-refractivity contribution in [2.75, 3.05) is 25.1 Å². The van der Waals surface area contributed by atoms with Crippen LogP contribution >= 0.6 is 11.6 Å². The van der Waals surface area contributed by atoms with E-state index in [1.165, 1.54) is 0 Å². The van der Waals surface area contributed by atoms with Crippen LogP contribution in [0.15, 0.2) is 18.5 Å². The summed E-state index contributed by atoms with van der Waals surface area (Å²) in [7, 11) is 0. The summed E-state index contributed by atoms with van der Waals surface area (Å²) in [6, 6.07) is 2.54. The molecule has 0 amide bonds. The number of aromatic nitrogens is 1. The van der Waals surface area contributed by atoms with Gasteiger partial charge < -0.3 is 15.4 Å². The smallest absolute Gasteiger partial charge is 0.0718 e. The highest BCUT2D eigenvalue weighted by atomic mass is 35.5. The zero-order valence-corrected chi connectivity index (χ0v) is 10.7. The van der Waals surface area contributed by atoms with Crippen LogP contribution in [0.5, 0.6) is 0 Å². The Hall–Kier alpha value is -0.840. The first-order valence-corrected chi connectivity index (χ1v) is 6.30. The summed E-state index contributed by atoms with van der Waals surface area (Å²) < 4.78 is 5.43. The molecule has 2 unspecified atom stereocenters. The maximum Gasteiger partial charge on any atom is 0.0718 e. The van der Waals surface area contributed by atoms with Crippen molar-refractivity contribution >= 4 is 17.3 Å². The number of anilines is 1. The highest BCUT2D eigenvalue weighted by Gasteiger charge is 2.16. The fourth-order valence-electron chi connectivity index (χ4n) is 2.01. The van der Waals surface area contributed by atoms with Crippen LogP contribution in [0.25, 0.3) is 0 Å². The van der Waals surface area contributed by atoms with E-state index in [2.05, 4.69) is 22.5 Å². The maximum atomic E-state index is 6.07. The first-order valence-electron chi connectivity index (χ1n) is 5.93. The summed E-state index contributed by atoms with van der Waals surface area (Å²) >= 11 is 6.07. The van der Waals surface area contributed by atoms with E-state index in [1.54, 1.807) is 18.5 Å². The summed E-state index contributed by atoms with van der Waals surface area (Å²) in [6.07, 6.45) is 4.45. The molecule has 17 heavy (non-hydrogen) atoms. The molecule has 0 aromatic carbocycles. The number of hydrogen-bond donors (Lipinski definition) is 2. The molecule has 0 saturated carbocycles. The highest BCUT2D eigenvalue weighted by Crippen LogP contribution is 2.20. The van der Waals surface area contributed by atoms with E-state index in [1.807, 2.05) is 0 Å². The molecule has 0 radical (unpaired) electrons. The lowest BCUT2D eigenvalue weighted by Crippen LogP contribution is -2.43. The van der Waals surface area contributed by atoms with Crippen LogP contribution in [0.2, 0.25) is 5.02 Å². The molecule has 1 aromatic rings. The van der Waals surface area contributed by atoms with Gasteiger partial charge in [-0.1, -0.05) is 11.6 Å². The first kappa shape index (κ1) is 12.6. The second-order valence-corrected chi connectivity index (χ2v) is 4.77. The standard InChI is InChI=1S/C12H18ClN3O/c1-9(6-10-8-17-5-4-15-10)16-12-7-14-3-2-11(12)13/h2-3,7,9-10,15-16H,4-6,8H2,1H3. The van der Waals surface area contributed by atoms with Crippen molar-refractivity contribution in [1.29, 1.82) is 0 Å². The minimum Gasteiger partial charge on any atom is -0.380 e. The van der Waals surface area contributed by atoms with Crippen LogP contribution in [0.4, 0.5) is 5.69 Å². The Bertz CT molecular complexity index is 355. The van der Waals surface area contributed by atoms with E-state index in [0.717, 1.165) is 31.9 Å². The van der Waals surface area contributed by atoms with Crippen molar-refractivity contribution in [3.8, 4) is 0 Å². The Morgan fingerprint density at radius 2 is 2.59 bits per heavy atom. The molecule has 1 saturated heterocycles. The van der Waals surface area contributed by atoms with Crippen molar-refractivity contribution in [2.45, 2.75) is 25.4 Å². The van der Waals surface area contributed by atoms with Crippen LogP contribution in [-0.2, 0) is 4.74 Å². The van der Waals surface area contributed by atoms with Crippen LogP contribution < -0.4 is 10.6 Å². The van der Waals surface area contributed by atoms with E-state index in [9.17, 15) is 0 Å². The second kappa shape index (κ2) is 6.19. The predicted octanol–water partition coefficient (Wildman–Crippen LogP) is 1.91. The number of ether oxygens (including phenoxy) is 1. The van der Waals surface area contributed by atoms with E-state index in [4.69, 9.17) is 16.3 Å². The van der Waals surface area contributed by atoms with Gasteiger partial charge in [0.1, 0.15) is 0 Å². The SMILES string of the molecule is CC(CC1COCCN1)Nc1cnccc1Cl. The van der Waals surface area contributed by atoms with E-state index < -0.39 is 0 Å². The van der Waals surface area contributed by atoms with Gasteiger partial charge in [-0.2, -0.15) is 0 Å². The Kier molecular flexibility index (Phi) is 4.59. The minimum absolute atomic E-state index is 0.330. The van der Waals surface area contributed by atoms with Gasteiger partial charge in [-0.25, -0.2) is 0 Å². The minimum atomic E-state index is 0.330. The van der Waals surface area contributed by atoms with E-state index >= 15 is 0 Å². The third-order valence-corrected chi connectivity index (χ3v) is 3.14. The number of halogens is 1. The van der Waals surface area contributed by atoms with Gasteiger partial charge in [0, 0.05) is 24.8 Å². The van der Waals surface area contributed by atoms with Crippen molar-refractivity contribution < 1.29 is 4.74 Å². The largest absolute Gasteiger partial charge is 0.380 e. The monoisotopic (exact) mass is 255 g/mol. The molecule has 4 nitrogen and oxygen atoms in total. The lowest BCUT2D eigenvalue weighted by molar-refractivity contribution is 0.0731. The van der Waals surface area contributed by atoms with Gasteiger partial charge in [-0.3, -0.25) is 4.98 Å². The summed E-state index contributed by atoms with van der Waals surface area (Å²) in [4.78, 5) is 4.06. The molecule has 1 aliphatic heterocycles. The molecule has 5 heteroatoms. The molecule has 2 N–H and O–H groups in total. The highest BCUT2D eigenvalue weighted by molar-refractivity contribution is 6.33. The topological polar surface area (TPSA) is 46.2 Å². The molecule has 94 valence electrons. The molecular formula is C12H18ClN3O. The van der Waals surface area contributed by atoms with Crippen molar-refractivity contribution in [1.82, 2.24) is 10.3 Å². The number of hydrogen-bond acceptors (Lipinski definition) is 4. The number of morpholine rings is 1.